The number of amides is 2. The van der Waals surface area contributed by atoms with Gasteiger partial charge in [0.25, 0.3) is 5.91 Å². The van der Waals surface area contributed by atoms with Crippen molar-refractivity contribution in [3.8, 4) is 0 Å². The van der Waals surface area contributed by atoms with Gasteiger partial charge in [-0.2, -0.15) is 0 Å². The van der Waals surface area contributed by atoms with E-state index in [9.17, 15) is 9.59 Å². The molecule has 0 aliphatic carbocycles. The zero-order chi connectivity index (χ0) is 19.3. The van der Waals surface area contributed by atoms with Crippen LogP contribution in [0, 0.1) is 20.8 Å². The molecule has 4 heteroatoms. The molecule has 1 unspecified atom stereocenters. The second-order valence-corrected chi connectivity index (χ2v) is 6.86. The van der Waals surface area contributed by atoms with E-state index in [1.807, 2.05) is 71.0 Å². The van der Waals surface area contributed by atoms with Crippen LogP contribution in [-0.4, -0.2) is 29.3 Å². The molecule has 0 aliphatic heterocycles. The molecule has 0 spiro atoms. The lowest BCUT2D eigenvalue weighted by Crippen LogP contribution is -2.43. The van der Waals surface area contributed by atoms with E-state index in [0.29, 0.717) is 5.56 Å². The van der Waals surface area contributed by atoms with Crippen molar-refractivity contribution >= 4 is 17.5 Å². The maximum absolute atomic E-state index is 13.0. The van der Waals surface area contributed by atoms with Gasteiger partial charge in [-0.3, -0.25) is 9.59 Å². The molecule has 0 fully saturated rings. The van der Waals surface area contributed by atoms with Gasteiger partial charge in [0.05, 0.1) is 0 Å². The summed E-state index contributed by atoms with van der Waals surface area (Å²) >= 11 is 0. The minimum Gasteiger partial charge on any atom is -0.327 e. The maximum atomic E-state index is 13.0. The van der Waals surface area contributed by atoms with Crippen LogP contribution in [0.2, 0.25) is 0 Å². The van der Waals surface area contributed by atoms with Gasteiger partial charge in [-0.05, 0) is 63.4 Å². The van der Waals surface area contributed by atoms with E-state index in [4.69, 9.17) is 0 Å². The number of nitrogens with zero attached hydrogens (tertiary/aromatic N) is 1. The fourth-order valence-corrected chi connectivity index (χ4v) is 2.82. The average Bonchev–Trinajstić information content (AvgIpc) is 2.62. The molecule has 4 nitrogen and oxygen atoms in total. The van der Waals surface area contributed by atoms with Crippen LogP contribution in [0.5, 0.6) is 0 Å². The summed E-state index contributed by atoms with van der Waals surface area (Å²) in [5.74, 6) is -0.292. The Morgan fingerprint density at radius 2 is 1.77 bits per heavy atom. The summed E-state index contributed by atoms with van der Waals surface area (Å²) in [6.07, 6.45) is 0.786. The van der Waals surface area contributed by atoms with Crippen LogP contribution >= 0.6 is 0 Å². The fourth-order valence-electron chi connectivity index (χ4n) is 2.82. The van der Waals surface area contributed by atoms with Gasteiger partial charge in [0, 0.05) is 17.3 Å². The van der Waals surface area contributed by atoms with Crippen molar-refractivity contribution in [3.63, 3.8) is 0 Å². The molecule has 2 amide bonds. The number of hydrogen-bond acceptors (Lipinski definition) is 2. The molecule has 1 N–H and O–H groups in total. The van der Waals surface area contributed by atoms with Gasteiger partial charge >= 0.3 is 0 Å². The average molecular weight is 352 g/mol. The molecule has 0 bridgehead atoms. The number of benzene rings is 2. The normalized spacial score (nSPS) is 11.7. The summed E-state index contributed by atoms with van der Waals surface area (Å²) in [5.41, 5.74) is 4.60. The Kier molecular flexibility index (Phi) is 6.56. The second kappa shape index (κ2) is 8.65. The first-order valence-corrected chi connectivity index (χ1v) is 9.07. The Morgan fingerprint density at radius 1 is 1.08 bits per heavy atom. The monoisotopic (exact) mass is 352 g/mol. The summed E-state index contributed by atoms with van der Waals surface area (Å²) in [5, 5.41) is 2.95. The molecular weight excluding hydrogens is 324 g/mol. The van der Waals surface area contributed by atoms with Gasteiger partial charge in [0.15, 0.2) is 0 Å². The lowest BCUT2D eigenvalue weighted by Gasteiger charge is -2.28. The standard InChI is InChI=1S/C22H28N2O2/c1-6-17(4)24(22(26)19-11-7-9-15(2)13-19)14-21(25)23-20-12-8-10-16(3)18(20)5/h7-13,17H,6,14H2,1-5H3,(H,23,25). The first-order valence-electron chi connectivity index (χ1n) is 9.07. The molecule has 0 saturated heterocycles. The highest BCUT2D eigenvalue weighted by atomic mass is 16.2. The molecule has 0 radical (unpaired) electrons. The quantitative estimate of drug-likeness (QED) is 0.832. The van der Waals surface area contributed by atoms with Crippen LogP contribution in [0.4, 0.5) is 5.69 Å². The molecule has 0 aromatic heterocycles. The molecule has 2 rings (SSSR count). The van der Waals surface area contributed by atoms with E-state index in [1.165, 1.54) is 0 Å². The molecule has 1 atom stereocenters. The first kappa shape index (κ1) is 19.7. The molecule has 0 saturated carbocycles. The molecule has 138 valence electrons. The maximum Gasteiger partial charge on any atom is 0.254 e. The molecular formula is C22H28N2O2. The number of hydrogen-bond donors (Lipinski definition) is 1. The highest BCUT2D eigenvalue weighted by molar-refractivity contribution is 5.99. The third-order valence-electron chi connectivity index (χ3n) is 4.84. The Balaban J connectivity index is 2.18. The van der Waals surface area contributed by atoms with Gasteiger partial charge in [0.1, 0.15) is 6.54 Å². The van der Waals surface area contributed by atoms with Gasteiger partial charge in [0.2, 0.25) is 5.91 Å². The number of aryl methyl sites for hydroxylation is 2. The van der Waals surface area contributed by atoms with Crippen molar-refractivity contribution < 1.29 is 9.59 Å². The van der Waals surface area contributed by atoms with Crippen LogP contribution in [0.25, 0.3) is 0 Å². The van der Waals surface area contributed by atoms with Crippen LogP contribution in [0.1, 0.15) is 47.3 Å². The predicted octanol–water partition coefficient (Wildman–Crippen LogP) is 4.49. The van der Waals surface area contributed by atoms with Crippen molar-refractivity contribution in [3.05, 3.63) is 64.7 Å². The zero-order valence-electron chi connectivity index (χ0n) is 16.3. The summed E-state index contributed by atoms with van der Waals surface area (Å²) < 4.78 is 0. The van der Waals surface area contributed by atoms with Gasteiger partial charge in [-0.25, -0.2) is 0 Å². The Morgan fingerprint density at radius 3 is 2.42 bits per heavy atom. The predicted molar refractivity (Wildman–Crippen MR) is 107 cm³/mol. The molecule has 0 heterocycles. The van der Waals surface area contributed by atoms with Crippen molar-refractivity contribution in [1.82, 2.24) is 4.90 Å². The number of anilines is 1. The smallest absolute Gasteiger partial charge is 0.254 e. The third kappa shape index (κ3) is 4.72. The molecule has 2 aromatic rings. The van der Waals surface area contributed by atoms with Crippen LogP contribution in [0.3, 0.4) is 0 Å². The Hall–Kier alpha value is -2.62. The number of nitrogens with one attached hydrogen (secondary N) is 1. The topological polar surface area (TPSA) is 49.4 Å². The van der Waals surface area contributed by atoms with Crippen LogP contribution in [-0.2, 0) is 4.79 Å². The lowest BCUT2D eigenvalue weighted by molar-refractivity contribution is -0.117. The van der Waals surface area contributed by atoms with E-state index in [-0.39, 0.29) is 24.4 Å². The van der Waals surface area contributed by atoms with E-state index in [1.54, 1.807) is 11.0 Å². The highest BCUT2D eigenvalue weighted by Crippen LogP contribution is 2.18. The van der Waals surface area contributed by atoms with Crippen molar-refractivity contribution in [2.45, 2.75) is 47.1 Å². The van der Waals surface area contributed by atoms with E-state index in [2.05, 4.69) is 5.32 Å². The van der Waals surface area contributed by atoms with Crippen LogP contribution in [0.15, 0.2) is 42.5 Å². The second-order valence-electron chi connectivity index (χ2n) is 6.86. The van der Waals surface area contributed by atoms with Crippen molar-refractivity contribution in [2.24, 2.45) is 0 Å². The highest BCUT2D eigenvalue weighted by Gasteiger charge is 2.23. The number of rotatable bonds is 6. The van der Waals surface area contributed by atoms with Gasteiger partial charge in [-0.15, -0.1) is 0 Å². The lowest BCUT2D eigenvalue weighted by atomic mass is 10.1. The van der Waals surface area contributed by atoms with E-state index < -0.39 is 0 Å². The van der Waals surface area contributed by atoms with Crippen molar-refractivity contribution in [2.75, 3.05) is 11.9 Å². The summed E-state index contributed by atoms with van der Waals surface area (Å²) in [4.78, 5) is 27.2. The molecule has 2 aromatic carbocycles. The Bertz CT molecular complexity index is 798. The first-order chi connectivity index (χ1) is 12.3. The van der Waals surface area contributed by atoms with E-state index in [0.717, 1.165) is 28.8 Å². The van der Waals surface area contributed by atoms with Gasteiger partial charge in [-0.1, -0.05) is 36.8 Å². The van der Waals surface area contributed by atoms with Gasteiger partial charge < -0.3 is 10.2 Å². The number of carbonyl (C=O) groups excluding carboxylic acids is 2. The fraction of sp³-hybridized carbons (Fsp3) is 0.364. The molecule has 0 aliphatic rings. The number of carbonyl (C=O) groups is 2. The summed E-state index contributed by atoms with van der Waals surface area (Å²) in [6, 6.07) is 13.3. The largest absolute Gasteiger partial charge is 0.327 e. The third-order valence-corrected chi connectivity index (χ3v) is 4.84. The van der Waals surface area contributed by atoms with Crippen molar-refractivity contribution in [1.29, 1.82) is 0 Å². The summed E-state index contributed by atoms with van der Waals surface area (Å²) in [6.45, 7) is 9.97. The zero-order valence-corrected chi connectivity index (χ0v) is 16.3. The Labute approximate surface area is 156 Å². The SMILES string of the molecule is CCC(C)N(CC(=O)Nc1cccc(C)c1C)C(=O)c1cccc(C)c1. The molecule has 26 heavy (non-hydrogen) atoms. The van der Waals surface area contributed by atoms with Crippen LogP contribution < -0.4 is 5.32 Å². The summed E-state index contributed by atoms with van der Waals surface area (Å²) in [7, 11) is 0. The minimum atomic E-state index is -0.181. The van der Waals surface area contributed by atoms with E-state index >= 15 is 0 Å². The minimum absolute atomic E-state index is 0.0210.